The second-order valence-corrected chi connectivity index (χ2v) is 0.671. The average molecular weight is 360 g/mol. The van der Waals surface area contributed by atoms with Crippen molar-refractivity contribution in [3.8, 4) is 0 Å². The van der Waals surface area contributed by atoms with E-state index < -0.39 is 15.3 Å². The molecule has 87 valence electrons. The fourth-order valence-corrected chi connectivity index (χ4v) is 0. The fraction of sp³-hybridized carbons (Fsp3) is 0. The van der Waals surface area contributed by atoms with Gasteiger partial charge in [-0.05, 0) is 0 Å². The smallest absolute Gasteiger partial charge is 0.356 e. The predicted octanol–water partition coefficient (Wildman–Crippen LogP) is -0.700. The second-order valence-electron chi connectivity index (χ2n) is 0.671. The van der Waals surface area contributed by atoms with Crippen molar-refractivity contribution in [2.45, 2.75) is 0 Å². The molecule has 2 N–H and O–H groups in total. The van der Waals surface area contributed by atoms with Crippen LogP contribution in [0, 0.1) is 87.7 Å². The summed E-state index contributed by atoms with van der Waals surface area (Å²) in [5.74, 6) is 0. The van der Waals surface area contributed by atoms with E-state index in [9.17, 15) is 0 Å². The van der Waals surface area contributed by atoms with Gasteiger partial charge >= 0.3 is 41.7 Å². The van der Waals surface area contributed by atoms with Crippen LogP contribution in [0.3, 0.4) is 0 Å². The van der Waals surface area contributed by atoms with Crippen LogP contribution in [-0.4, -0.2) is 25.8 Å². The third-order valence-electron chi connectivity index (χ3n) is 0. The van der Waals surface area contributed by atoms with Crippen molar-refractivity contribution in [2.24, 2.45) is 0 Å². The Kier molecular flexibility index (Phi) is 57.0. The Balaban J connectivity index is -0.0000000298. The van der Waals surface area contributed by atoms with Crippen LogP contribution in [-0.2, 0) is 0 Å². The first-order valence-corrected chi connectivity index (χ1v) is 1.84. The second kappa shape index (κ2) is 29.3. The zero-order valence-electron chi connectivity index (χ0n) is 6.41. The maximum absolute atomic E-state index is 8.25. The van der Waals surface area contributed by atoms with E-state index in [4.69, 9.17) is 56.5 Å². The molecule has 0 atom stereocenters. The monoisotopic (exact) mass is 360 g/mol. The summed E-state index contributed by atoms with van der Waals surface area (Å²) in [6.45, 7) is 0. The molecule has 0 aromatic carbocycles. The molecule has 0 aliphatic carbocycles. The number of nitrogens with zero attached hydrogens (tertiary/aromatic N) is 3. The molecule has 0 saturated heterocycles. The molecule has 0 fully saturated rings. The Bertz CT molecular complexity index is 113. The Morgan fingerprint density at radius 3 is 0.600 bits per heavy atom. The van der Waals surface area contributed by atoms with Gasteiger partial charge in [-0.2, -0.15) is 0 Å². The molecule has 15 heavy (non-hydrogen) atoms. The van der Waals surface area contributed by atoms with Crippen LogP contribution in [0.15, 0.2) is 0 Å². The molecule has 0 rings (SSSR count). The number of hydrogen-bond donors (Lipinski definition) is 2. The molecule has 1 radical (unpaired) electrons. The zero-order chi connectivity index (χ0) is 12.7. The Hall–Kier alpha value is -1.10. The summed E-state index contributed by atoms with van der Waals surface area (Å²) in [6.07, 6.45) is 0. The van der Waals surface area contributed by atoms with Crippen LogP contribution in [0.2, 0.25) is 0 Å². The average Bonchev–Trinajstić information content (AvgIpc) is 1.86. The third-order valence-corrected chi connectivity index (χ3v) is 0. The van der Waals surface area contributed by atoms with Crippen molar-refractivity contribution in [3.05, 3.63) is 46.0 Å². The van der Waals surface area contributed by atoms with E-state index in [1.54, 1.807) is 0 Å². The van der Waals surface area contributed by atoms with Gasteiger partial charge in [-0.15, -0.1) is 0 Å². The molecular formula is H2CeN3O11. The van der Waals surface area contributed by atoms with Crippen molar-refractivity contribution in [3.63, 3.8) is 0 Å². The van der Waals surface area contributed by atoms with Gasteiger partial charge in [0.15, 0.2) is 0 Å². The molecule has 0 bridgehead atoms. The molecule has 14 nitrogen and oxygen atoms in total. The van der Waals surface area contributed by atoms with Crippen LogP contribution in [0.25, 0.3) is 0 Å². The summed E-state index contributed by atoms with van der Waals surface area (Å²) in [4.78, 5) is 24.8. The molecule has 0 amide bonds. The first-order chi connectivity index (χ1) is 6.20. The van der Waals surface area contributed by atoms with Crippen molar-refractivity contribution < 1.29 is 67.5 Å². The third kappa shape index (κ3) is 1260. The maximum atomic E-state index is 8.25. The molecule has 0 aromatic rings. The summed E-state index contributed by atoms with van der Waals surface area (Å²) in [6, 6.07) is 0. The van der Waals surface area contributed by atoms with E-state index >= 15 is 0 Å². The minimum absolute atomic E-state index is 0. The minimum Gasteiger partial charge on any atom is -0.356 e. The molecule has 0 aromatic heterocycles. The van der Waals surface area contributed by atoms with E-state index in [2.05, 4.69) is 0 Å². The largest absolute Gasteiger partial charge is 3.00 e. The van der Waals surface area contributed by atoms with Crippen LogP contribution in [0.4, 0.5) is 0 Å². The molecule has 0 spiro atoms. The SMILES string of the molecule is O=[N+]([O-])[O-].O=[N+]([O-])[O-].O=[N+]([O-])[O-].OO.[Ce+3]. The van der Waals surface area contributed by atoms with Crippen LogP contribution >= 0.6 is 0 Å². The first kappa shape index (κ1) is 29.2. The topological polar surface area (TPSA) is 239 Å². The summed E-state index contributed by atoms with van der Waals surface area (Å²) in [7, 11) is 0. The van der Waals surface area contributed by atoms with E-state index in [0.717, 1.165) is 0 Å². The van der Waals surface area contributed by atoms with Crippen molar-refractivity contribution in [1.82, 2.24) is 0 Å². The van der Waals surface area contributed by atoms with E-state index in [-0.39, 0.29) is 41.7 Å². The Morgan fingerprint density at radius 1 is 0.600 bits per heavy atom. The summed E-state index contributed by atoms with van der Waals surface area (Å²) < 4.78 is 0. The van der Waals surface area contributed by atoms with Gasteiger partial charge in [-0.25, -0.2) is 0 Å². The van der Waals surface area contributed by atoms with E-state index in [1.807, 2.05) is 0 Å². The van der Waals surface area contributed by atoms with Crippen molar-refractivity contribution >= 4 is 0 Å². The van der Waals surface area contributed by atoms with Gasteiger partial charge in [-0.1, -0.05) is 0 Å². The maximum Gasteiger partial charge on any atom is 3.00 e. The predicted molar refractivity (Wildman–Crippen MR) is 36.3 cm³/mol. The summed E-state index contributed by atoms with van der Waals surface area (Å²) in [5, 5.41) is 56.2. The summed E-state index contributed by atoms with van der Waals surface area (Å²) in [5.41, 5.74) is 0. The number of hydrogen-bond acceptors (Lipinski definition) is 11. The normalized spacial score (nSPS) is 5.20. The minimum atomic E-state index is -1.75. The van der Waals surface area contributed by atoms with E-state index in [1.165, 1.54) is 0 Å². The zero-order valence-corrected chi connectivity index (χ0v) is 9.55. The first-order valence-electron chi connectivity index (χ1n) is 1.84. The molecule has 0 aliphatic heterocycles. The molecule has 0 aliphatic rings. The van der Waals surface area contributed by atoms with Gasteiger partial charge in [0, 0.05) is 0 Å². The van der Waals surface area contributed by atoms with Gasteiger partial charge in [0.05, 0.1) is 15.3 Å². The van der Waals surface area contributed by atoms with Crippen molar-refractivity contribution in [2.75, 3.05) is 0 Å². The van der Waals surface area contributed by atoms with Gasteiger partial charge in [-0.3, -0.25) is 10.5 Å². The van der Waals surface area contributed by atoms with Gasteiger partial charge < -0.3 is 46.0 Å². The van der Waals surface area contributed by atoms with Crippen LogP contribution in [0.5, 0.6) is 0 Å². The molecule has 15 heteroatoms. The van der Waals surface area contributed by atoms with Gasteiger partial charge in [0.2, 0.25) is 0 Å². The van der Waals surface area contributed by atoms with E-state index in [0.29, 0.717) is 0 Å². The van der Waals surface area contributed by atoms with Gasteiger partial charge in [0.1, 0.15) is 0 Å². The van der Waals surface area contributed by atoms with Crippen LogP contribution < -0.4 is 0 Å². The Morgan fingerprint density at radius 2 is 0.600 bits per heavy atom. The molecule has 0 saturated carbocycles. The summed E-state index contributed by atoms with van der Waals surface area (Å²) >= 11 is 0. The Labute approximate surface area is 113 Å². The van der Waals surface area contributed by atoms with Crippen molar-refractivity contribution in [1.29, 1.82) is 0 Å². The van der Waals surface area contributed by atoms with Gasteiger partial charge in [0.25, 0.3) is 0 Å². The number of rotatable bonds is 0. The quantitative estimate of drug-likeness (QED) is 0.311. The standard InChI is InChI=1S/Ce.3NO3.H2O2/c;3*2-1(3)4;1-2/h;;;;1-2H/q+3;3*-1;. The molecular weight excluding hydrogens is 358 g/mol. The molecule has 0 heterocycles. The molecule has 0 unspecified atom stereocenters. The fourth-order valence-electron chi connectivity index (χ4n) is 0. The van der Waals surface area contributed by atoms with Crippen LogP contribution in [0.1, 0.15) is 0 Å².